The number of rotatable bonds is 2. The van der Waals surface area contributed by atoms with Crippen LogP contribution in [0.3, 0.4) is 0 Å². The van der Waals surface area contributed by atoms with E-state index >= 15 is 0 Å². The minimum Gasteiger partial charge on any atom is -0.472 e. The maximum absolute atomic E-state index is 12.5. The van der Waals surface area contributed by atoms with Gasteiger partial charge < -0.3 is 14.4 Å². The first kappa shape index (κ1) is 17.4. The molecule has 5 nitrogen and oxygen atoms in total. The van der Waals surface area contributed by atoms with E-state index < -0.39 is 23.4 Å². The van der Waals surface area contributed by atoms with E-state index in [1.807, 2.05) is 0 Å². The van der Waals surface area contributed by atoms with Gasteiger partial charge in [-0.3, -0.25) is 0 Å². The highest BCUT2D eigenvalue weighted by Gasteiger charge is 2.32. The fourth-order valence-electron chi connectivity index (χ4n) is 2.11. The van der Waals surface area contributed by atoms with Crippen LogP contribution < -0.4 is 4.74 Å². The number of ether oxygens (including phenoxy) is 2. The lowest BCUT2D eigenvalue weighted by molar-refractivity contribution is -0.137. The highest BCUT2D eigenvalue weighted by atomic mass is 19.4. The molecule has 0 aliphatic carbocycles. The van der Waals surface area contributed by atoms with Gasteiger partial charge in [-0.1, -0.05) is 0 Å². The van der Waals surface area contributed by atoms with Crippen molar-refractivity contribution in [2.24, 2.45) is 0 Å². The lowest BCUT2D eigenvalue weighted by Gasteiger charge is -2.24. The van der Waals surface area contributed by atoms with Crippen molar-refractivity contribution in [3.8, 4) is 5.88 Å². The number of halogens is 3. The Hall–Kier alpha value is -1.99. The molecule has 2 heterocycles. The fourth-order valence-corrected chi connectivity index (χ4v) is 2.11. The van der Waals surface area contributed by atoms with Crippen molar-refractivity contribution >= 4 is 6.09 Å². The van der Waals surface area contributed by atoms with E-state index in [2.05, 4.69) is 4.98 Å². The third-order valence-corrected chi connectivity index (χ3v) is 3.15. The Bertz CT molecular complexity index is 553. The highest BCUT2D eigenvalue weighted by molar-refractivity contribution is 5.68. The van der Waals surface area contributed by atoms with Crippen LogP contribution in [0.2, 0.25) is 0 Å². The van der Waals surface area contributed by atoms with Gasteiger partial charge in [0, 0.05) is 25.2 Å². The second-order valence-corrected chi connectivity index (χ2v) is 6.34. The van der Waals surface area contributed by atoms with Crippen molar-refractivity contribution < 1.29 is 27.4 Å². The molecule has 23 heavy (non-hydrogen) atoms. The molecule has 1 fully saturated rings. The van der Waals surface area contributed by atoms with Crippen molar-refractivity contribution in [2.45, 2.75) is 45.1 Å². The molecule has 8 heteroatoms. The Morgan fingerprint density at radius 1 is 1.30 bits per heavy atom. The Morgan fingerprint density at radius 2 is 2.00 bits per heavy atom. The van der Waals surface area contributed by atoms with Crippen LogP contribution in [-0.4, -0.2) is 40.8 Å². The van der Waals surface area contributed by atoms with E-state index in [-0.39, 0.29) is 12.0 Å². The zero-order valence-corrected chi connectivity index (χ0v) is 13.2. The number of hydrogen-bond acceptors (Lipinski definition) is 4. The molecule has 1 aliphatic rings. The van der Waals surface area contributed by atoms with Gasteiger partial charge in [-0.2, -0.15) is 13.2 Å². The van der Waals surface area contributed by atoms with Gasteiger partial charge in [0.05, 0.1) is 12.1 Å². The van der Waals surface area contributed by atoms with Gasteiger partial charge in [0.1, 0.15) is 11.7 Å². The minimum atomic E-state index is -4.42. The summed E-state index contributed by atoms with van der Waals surface area (Å²) in [6.07, 6.45) is -3.86. The van der Waals surface area contributed by atoms with Crippen molar-refractivity contribution in [2.75, 3.05) is 13.1 Å². The van der Waals surface area contributed by atoms with Gasteiger partial charge in [0.25, 0.3) is 0 Å². The van der Waals surface area contributed by atoms with E-state index in [9.17, 15) is 18.0 Å². The fraction of sp³-hybridized carbons (Fsp3) is 0.600. The molecule has 0 spiro atoms. The van der Waals surface area contributed by atoms with Crippen molar-refractivity contribution in [3.05, 3.63) is 23.9 Å². The van der Waals surface area contributed by atoms with Crippen molar-refractivity contribution in [3.63, 3.8) is 0 Å². The first-order valence-electron chi connectivity index (χ1n) is 7.22. The Balaban J connectivity index is 1.89. The minimum absolute atomic E-state index is 0.106. The molecule has 128 valence electrons. The molecule has 0 aromatic carbocycles. The Labute approximate surface area is 132 Å². The summed E-state index contributed by atoms with van der Waals surface area (Å²) in [7, 11) is 0. The zero-order chi connectivity index (χ0) is 17.3. The van der Waals surface area contributed by atoms with E-state index in [0.29, 0.717) is 19.5 Å². The molecule has 2 rings (SSSR count). The first-order valence-corrected chi connectivity index (χ1v) is 7.22. The van der Waals surface area contributed by atoms with Crippen LogP contribution in [0.1, 0.15) is 32.8 Å². The summed E-state index contributed by atoms with van der Waals surface area (Å²) in [5, 5.41) is 0. The van der Waals surface area contributed by atoms with Gasteiger partial charge in [0.15, 0.2) is 0 Å². The third kappa shape index (κ3) is 5.01. The number of nitrogens with zero attached hydrogens (tertiary/aromatic N) is 2. The number of alkyl halides is 3. The number of aromatic nitrogens is 1. The van der Waals surface area contributed by atoms with Gasteiger partial charge in [-0.15, -0.1) is 0 Å². The summed E-state index contributed by atoms with van der Waals surface area (Å²) in [4.78, 5) is 17.1. The van der Waals surface area contributed by atoms with E-state index in [0.717, 1.165) is 12.3 Å². The standard InChI is InChI=1S/C15H19F3N2O3/c1-14(2,3)23-13(21)20-7-6-11(9-20)22-12-5-4-10(8-19-12)15(16,17)18/h4-5,8,11H,6-7,9H2,1-3H3. The van der Waals surface area contributed by atoms with E-state index in [1.54, 1.807) is 20.8 Å². The van der Waals surface area contributed by atoms with Crippen LogP contribution >= 0.6 is 0 Å². The molecular weight excluding hydrogens is 313 g/mol. The number of carbonyl (C=O) groups is 1. The van der Waals surface area contributed by atoms with Crippen LogP contribution in [0.4, 0.5) is 18.0 Å². The zero-order valence-electron chi connectivity index (χ0n) is 13.2. The predicted octanol–water partition coefficient (Wildman–Crippen LogP) is 3.49. The monoisotopic (exact) mass is 332 g/mol. The van der Waals surface area contributed by atoms with Crippen LogP contribution in [0.25, 0.3) is 0 Å². The SMILES string of the molecule is CC(C)(C)OC(=O)N1CCC(Oc2ccc(C(F)(F)F)cn2)C1. The molecule has 1 atom stereocenters. The lowest BCUT2D eigenvalue weighted by Crippen LogP contribution is -2.36. The van der Waals surface area contributed by atoms with Crippen molar-refractivity contribution in [1.82, 2.24) is 9.88 Å². The average molecular weight is 332 g/mol. The van der Waals surface area contributed by atoms with Crippen molar-refractivity contribution in [1.29, 1.82) is 0 Å². The molecule has 0 bridgehead atoms. The van der Waals surface area contributed by atoms with Crippen LogP contribution in [0, 0.1) is 0 Å². The maximum atomic E-state index is 12.5. The highest BCUT2D eigenvalue weighted by Crippen LogP contribution is 2.29. The topological polar surface area (TPSA) is 51.7 Å². The second kappa shape index (κ2) is 6.25. The smallest absolute Gasteiger partial charge is 0.417 e. The summed E-state index contributed by atoms with van der Waals surface area (Å²) >= 11 is 0. The molecule has 0 saturated carbocycles. The molecule has 1 unspecified atom stereocenters. The number of carbonyl (C=O) groups excluding carboxylic acids is 1. The largest absolute Gasteiger partial charge is 0.472 e. The van der Waals surface area contributed by atoms with Crippen LogP contribution in [0.15, 0.2) is 18.3 Å². The average Bonchev–Trinajstić information content (AvgIpc) is 2.85. The molecule has 1 aromatic heterocycles. The summed E-state index contributed by atoms with van der Waals surface area (Å²) in [5.41, 5.74) is -1.41. The summed E-state index contributed by atoms with van der Waals surface area (Å²) in [6, 6.07) is 2.10. The van der Waals surface area contributed by atoms with Crippen LogP contribution in [-0.2, 0) is 10.9 Å². The number of pyridine rings is 1. The summed E-state index contributed by atoms with van der Waals surface area (Å²) in [6.45, 7) is 6.13. The summed E-state index contributed by atoms with van der Waals surface area (Å²) < 4.78 is 48.2. The third-order valence-electron chi connectivity index (χ3n) is 3.15. The molecule has 0 N–H and O–H groups in total. The predicted molar refractivity (Wildman–Crippen MR) is 76.1 cm³/mol. The number of likely N-dealkylation sites (tertiary alicyclic amines) is 1. The Morgan fingerprint density at radius 3 is 2.52 bits per heavy atom. The molecular formula is C15H19F3N2O3. The van der Waals surface area contributed by atoms with Gasteiger partial charge in [0.2, 0.25) is 5.88 Å². The number of hydrogen-bond donors (Lipinski definition) is 0. The number of amides is 1. The van der Waals surface area contributed by atoms with E-state index in [1.165, 1.54) is 11.0 Å². The van der Waals surface area contributed by atoms with Crippen LogP contribution in [0.5, 0.6) is 5.88 Å². The maximum Gasteiger partial charge on any atom is 0.417 e. The molecule has 1 aromatic rings. The Kier molecular flexibility index (Phi) is 4.72. The quantitative estimate of drug-likeness (QED) is 0.832. The lowest BCUT2D eigenvalue weighted by atomic mass is 10.2. The summed E-state index contributed by atoms with van der Waals surface area (Å²) in [5.74, 6) is 0.106. The van der Waals surface area contributed by atoms with Gasteiger partial charge in [-0.25, -0.2) is 9.78 Å². The van der Waals surface area contributed by atoms with Gasteiger partial charge in [-0.05, 0) is 26.8 Å². The molecule has 0 radical (unpaired) electrons. The molecule has 1 saturated heterocycles. The molecule has 1 aliphatic heterocycles. The van der Waals surface area contributed by atoms with Gasteiger partial charge >= 0.3 is 12.3 Å². The van der Waals surface area contributed by atoms with E-state index in [4.69, 9.17) is 9.47 Å². The first-order chi connectivity index (χ1) is 10.5. The second-order valence-electron chi connectivity index (χ2n) is 6.34. The molecule has 1 amide bonds. The normalized spacial score (nSPS) is 18.9.